The Morgan fingerprint density at radius 3 is 2.28 bits per heavy atom. The fourth-order valence-corrected chi connectivity index (χ4v) is 3.55. The third-order valence-corrected chi connectivity index (χ3v) is 5.23. The molecule has 11 heteroatoms. The van der Waals surface area contributed by atoms with Crippen LogP contribution in [0.5, 0.6) is 5.88 Å². The van der Waals surface area contributed by atoms with E-state index in [1.165, 1.54) is 14.1 Å². The van der Waals surface area contributed by atoms with Crippen LogP contribution in [-0.2, 0) is 23.6 Å². The lowest BCUT2D eigenvalue weighted by molar-refractivity contribution is 0.0527. The highest BCUT2D eigenvalue weighted by atomic mass is 32.1. The smallest absolute Gasteiger partial charge is 0.348 e. The topological polar surface area (TPSA) is 129 Å². The van der Waals surface area contributed by atoms with E-state index < -0.39 is 29.1 Å². The molecule has 0 saturated carbocycles. The zero-order chi connectivity index (χ0) is 21.9. The molecule has 2 aromatic heterocycles. The minimum atomic E-state index is -0.758. The maximum Gasteiger partial charge on any atom is 0.348 e. The molecule has 156 valence electrons. The van der Waals surface area contributed by atoms with Gasteiger partial charge in [0.05, 0.1) is 13.2 Å². The van der Waals surface area contributed by atoms with Gasteiger partial charge in [-0.2, -0.15) is 0 Å². The molecule has 29 heavy (non-hydrogen) atoms. The molecule has 10 nitrogen and oxygen atoms in total. The van der Waals surface area contributed by atoms with E-state index in [4.69, 9.17) is 9.47 Å². The van der Waals surface area contributed by atoms with Gasteiger partial charge in [-0.15, -0.1) is 11.3 Å². The summed E-state index contributed by atoms with van der Waals surface area (Å²) < 4.78 is 11.7. The van der Waals surface area contributed by atoms with Crippen LogP contribution >= 0.6 is 11.3 Å². The van der Waals surface area contributed by atoms with Crippen molar-refractivity contribution >= 4 is 34.5 Å². The number of hydrogen-bond donors (Lipinski definition) is 1. The van der Waals surface area contributed by atoms with E-state index in [1.807, 2.05) is 0 Å². The third-order valence-electron chi connectivity index (χ3n) is 4.05. The van der Waals surface area contributed by atoms with Gasteiger partial charge >= 0.3 is 17.6 Å². The van der Waals surface area contributed by atoms with E-state index in [2.05, 4.69) is 4.99 Å². The maximum atomic E-state index is 12.4. The van der Waals surface area contributed by atoms with Crippen molar-refractivity contribution in [2.45, 2.75) is 20.8 Å². The number of thiophene rings is 1. The average Bonchev–Trinajstić information content (AvgIpc) is 3.01. The Morgan fingerprint density at radius 2 is 1.69 bits per heavy atom. The Labute approximate surface area is 169 Å². The molecule has 0 fully saturated rings. The molecule has 0 atom stereocenters. The first-order chi connectivity index (χ1) is 13.6. The first kappa shape index (κ1) is 22.1. The van der Waals surface area contributed by atoms with Crippen molar-refractivity contribution in [2.75, 3.05) is 13.2 Å². The molecule has 0 aliphatic rings. The van der Waals surface area contributed by atoms with Crippen LogP contribution in [0.3, 0.4) is 0 Å². The number of esters is 2. The lowest BCUT2D eigenvalue weighted by Crippen LogP contribution is -2.38. The SMILES string of the molecule is CCOC(=O)c1sc(/N=C/c2c(O)n(C)c(=O)n(C)c2=O)c(C(=O)OCC)c1C. The van der Waals surface area contributed by atoms with E-state index in [-0.39, 0.29) is 34.2 Å². The van der Waals surface area contributed by atoms with Crippen LogP contribution in [0.4, 0.5) is 5.00 Å². The number of nitrogens with zero attached hydrogens (tertiary/aromatic N) is 3. The molecule has 0 spiro atoms. The highest BCUT2D eigenvalue weighted by molar-refractivity contribution is 7.18. The Kier molecular flexibility index (Phi) is 6.75. The summed E-state index contributed by atoms with van der Waals surface area (Å²) in [6, 6.07) is 0. The predicted molar refractivity (Wildman–Crippen MR) is 107 cm³/mol. The van der Waals surface area contributed by atoms with Gasteiger partial charge in [0, 0.05) is 20.3 Å². The Bertz CT molecular complexity index is 1110. The lowest BCUT2D eigenvalue weighted by atomic mass is 10.1. The zero-order valence-electron chi connectivity index (χ0n) is 16.6. The Morgan fingerprint density at radius 1 is 1.10 bits per heavy atom. The van der Waals surface area contributed by atoms with Crippen molar-refractivity contribution in [1.29, 1.82) is 0 Å². The number of aromatic nitrogens is 2. The number of aliphatic imine (C=N–C) groups is 1. The van der Waals surface area contributed by atoms with Gasteiger partial charge in [0.2, 0.25) is 5.88 Å². The van der Waals surface area contributed by atoms with Crippen LogP contribution in [0.2, 0.25) is 0 Å². The van der Waals surface area contributed by atoms with Crippen LogP contribution < -0.4 is 11.2 Å². The summed E-state index contributed by atoms with van der Waals surface area (Å²) in [7, 11) is 2.56. The summed E-state index contributed by atoms with van der Waals surface area (Å²) in [6.45, 7) is 5.14. The van der Waals surface area contributed by atoms with Crippen LogP contribution in [0, 0.1) is 6.92 Å². The molecular formula is C18H21N3O7S. The van der Waals surface area contributed by atoms with Gasteiger partial charge in [-0.3, -0.25) is 13.9 Å². The standard InChI is InChI=1S/C18H21N3O7S/c1-6-27-16(24)11-9(3)12(17(25)28-7-2)29-13(11)19-8-10-14(22)20(4)18(26)21(5)15(10)23/h8,22H,6-7H2,1-5H3/b19-8+. The number of hydrogen-bond acceptors (Lipinski definition) is 9. The maximum absolute atomic E-state index is 12.4. The fraction of sp³-hybridized carbons (Fsp3) is 0.389. The van der Waals surface area contributed by atoms with E-state index in [9.17, 15) is 24.3 Å². The molecule has 0 aliphatic heterocycles. The molecule has 0 bridgehead atoms. The molecule has 2 rings (SSSR count). The largest absolute Gasteiger partial charge is 0.494 e. The molecule has 2 heterocycles. The summed E-state index contributed by atoms with van der Waals surface area (Å²) in [5.41, 5.74) is -1.29. The molecule has 0 aromatic carbocycles. The Hall–Kier alpha value is -3.21. The lowest BCUT2D eigenvalue weighted by Gasteiger charge is -2.07. The van der Waals surface area contributed by atoms with Crippen LogP contribution in [0.15, 0.2) is 14.6 Å². The minimum Gasteiger partial charge on any atom is -0.494 e. The second kappa shape index (κ2) is 8.86. The van der Waals surface area contributed by atoms with Gasteiger partial charge in [-0.05, 0) is 26.3 Å². The van der Waals surface area contributed by atoms with Crippen molar-refractivity contribution in [3.05, 3.63) is 42.4 Å². The highest BCUT2D eigenvalue weighted by Gasteiger charge is 2.26. The summed E-state index contributed by atoms with van der Waals surface area (Å²) in [6.07, 6.45) is 1.04. The van der Waals surface area contributed by atoms with Crippen molar-refractivity contribution < 1.29 is 24.2 Å². The monoisotopic (exact) mass is 423 g/mol. The zero-order valence-corrected chi connectivity index (χ0v) is 17.5. The predicted octanol–water partition coefficient (Wildman–Crippen LogP) is 1.26. The third kappa shape index (κ3) is 4.14. The number of carbonyl (C=O) groups excluding carboxylic acids is 2. The van der Waals surface area contributed by atoms with Crippen molar-refractivity contribution in [3.8, 4) is 5.88 Å². The fourth-order valence-electron chi connectivity index (χ4n) is 2.52. The van der Waals surface area contributed by atoms with E-state index in [0.717, 1.165) is 26.7 Å². The number of ether oxygens (including phenoxy) is 2. The van der Waals surface area contributed by atoms with Crippen molar-refractivity contribution in [3.63, 3.8) is 0 Å². The van der Waals surface area contributed by atoms with Crippen molar-refractivity contribution in [1.82, 2.24) is 9.13 Å². The number of carbonyl (C=O) groups is 2. The summed E-state index contributed by atoms with van der Waals surface area (Å²) in [4.78, 5) is 53.0. The van der Waals surface area contributed by atoms with Crippen LogP contribution in [-0.4, -0.2) is 45.6 Å². The van der Waals surface area contributed by atoms with Gasteiger partial charge < -0.3 is 14.6 Å². The molecule has 0 aliphatic carbocycles. The van der Waals surface area contributed by atoms with Crippen molar-refractivity contribution in [2.24, 2.45) is 19.1 Å². The van der Waals surface area contributed by atoms with E-state index in [0.29, 0.717) is 5.56 Å². The van der Waals surface area contributed by atoms with Crippen LogP contribution in [0.25, 0.3) is 0 Å². The first-order valence-corrected chi connectivity index (χ1v) is 9.47. The molecule has 0 unspecified atom stereocenters. The minimum absolute atomic E-state index is 0.0669. The van der Waals surface area contributed by atoms with Gasteiger partial charge in [-0.25, -0.2) is 19.4 Å². The summed E-state index contributed by atoms with van der Waals surface area (Å²) in [5.74, 6) is -1.86. The second-order valence-electron chi connectivity index (χ2n) is 5.88. The Balaban J connectivity index is 2.65. The average molecular weight is 423 g/mol. The van der Waals surface area contributed by atoms with Crippen LogP contribution in [0.1, 0.15) is 45.0 Å². The second-order valence-corrected chi connectivity index (χ2v) is 6.88. The molecule has 1 N–H and O–H groups in total. The van der Waals surface area contributed by atoms with Gasteiger partial charge in [0.15, 0.2) is 0 Å². The highest BCUT2D eigenvalue weighted by Crippen LogP contribution is 2.36. The summed E-state index contributed by atoms with van der Waals surface area (Å²) >= 11 is 0.899. The van der Waals surface area contributed by atoms with Gasteiger partial charge in [0.1, 0.15) is 21.0 Å². The number of aromatic hydroxyl groups is 1. The normalized spacial score (nSPS) is 11.1. The number of rotatable bonds is 6. The molecule has 0 radical (unpaired) electrons. The van der Waals surface area contributed by atoms with Gasteiger partial charge in [0.25, 0.3) is 5.56 Å². The molecule has 2 aromatic rings. The first-order valence-electron chi connectivity index (χ1n) is 8.66. The van der Waals surface area contributed by atoms with Gasteiger partial charge in [-0.1, -0.05) is 0 Å². The molecule has 0 amide bonds. The molecule has 0 saturated heterocycles. The molecular weight excluding hydrogens is 402 g/mol. The van der Waals surface area contributed by atoms with E-state index >= 15 is 0 Å². The quantitative estimate of drug-likeness (QED) is 0.547. The summed E-state index contributed by atoms with van der Waals surface area (Å²) in [5, 5.41) is 10.2. The van der Waals surface area contributed by atoms with E-state index in [1.54, 1.807) is 20.8 Å².